The van der Waals surface area contributed by atoms with Gasteiger partial charge in [0.25, 0.3) is 0 Å². The third-order valence-electron chi connectivity index (χ3n) is 6.90. The fourth-order valence-corrected chi connectivity index (χ4v) is 4.56. The van der Waals surface area contributed by atoms with Crippen LogP contribution in [0.5, 0.6) is 0 Å². The van der Waals surface area contributed by atoms with Gasteiger partial charge in [0, 0.05) is 17.3 Å². The normalized spacial score (nSPS) is 13.8. The summed E-state index contributed by atoms with van der Waals surface area (Å²) >= 11 is 0. The van der Waals surface area contributed by atoms with Gasteiger partial charge in [-0.15, -0.1) is 0 Å². The molecule has 1 aliphatic rings. The minimum Gasteiger partial charge on any atom is -0.481 e. The smallest absolute Gasteiger partial charge is 0.314 e. The summed E-state index contributed by atoms with van der Waals surface area (Å²) in [6, 6.07) is 27.6. The Morgan fingerprint density at radius 1 is 0.865 bits per heavy atom. The van der Waals surface area contributed by atoms with E-state index in [0.717, 1.165) is 33.5 Å². The first-order chi connectivity index (χ1) is 18.0. The Labute approximate surface area is 213 Å². The number of carboxylic acids is 1. The number of nitrogens with one attached hydrogen (secondary N) is 1. The van der Waals surface area contributed by atoms with Gasteiger partial charge in [0.1, 0.15) is 11.4 Å². The highest BCUT2D eigenvalue weighted by molar-refractivity contribution is 5.85. The van der Waals surface area contributed by atoms with E-state index in [0.29, 0.717) is 35.9 Å². The van der Waals surface area contributed by atoms with Crippen molar-refractivity contribution in [2.24, 2.45) is 0 Å². The van der Waals surface area contributed by atoms with E-state index in [-0.39, 0.29) is 0 Å². The fourth-order valence-electron chi connectivity index (χ4n) is 4.56. The van der Waals surface area contributed by atoms with Crippen LogP contribution < -0.4 is 5.32 Å². The summed E-state index contributed by atoms with van der Waals surface area (Å²) in [4.78, 5) is 20.6. The van der Waals surface area contributed by atoms with E-state index in [1.807, 2.05) is 91.9 Å². The molecule has 182 valence electrons. The molecule has 2 aromatic heterocycles. The maximum absolute atomic E-state index is 11.6. The summed E-state index contributed by atoms with van der Waals surface area (Å²) < 4.78 is 5.67. The summed E-state index contributed by atoms with van der Waals surface area (Å²) in [5, 5.41) is 17.0. The molecule has 7 nitrogen and oxygen atoms in total. The predicted octanol–water partition coefficient (Wildman–Crippen LogP) is 6.63. The Hall–Kier alpha value is -4.78. The first kappa shape index (κ1) is 22.7. The van der Waals surface area contributed by atoms with Crippen LogP contribution >= 0.6 is 0 Å². The van der Waals surface area contributed by atoms with E-state index in [1.165, 1.54) is 0 Å². The van der Waals surface area contributed by atoms with Gasteiger partial charge in [0.15, 0.2) is 5.76 Å². The number of aromatic nitrogens is 3. The molecule has 0 saturated heterocycles. The van der Waals surface area contributed by atoms with Crippen molar-refractivity contribution in [2.45, 2.75) is 25.2 Å². The highest BCUT2D eigenvalue weighted by Gasteiger charge is 2.51. The average Bonchev–Trinajstić information content (AvgIpc) is 3.69. The molecule has 0 amide bonds. The van der Waals surface area contributed by atoms with Gasteiger partial charge >= 0.3 is 5.97 Å². The second-order valence-electron chi connectivity index (χ2n) is 9.27. The number of benzene rings is 3. The van der Waals surface area contributed by atoms with Crippen molar-refractivity contribution >= 4 is 17.6 Å². The Morgan fingerprint density at radius 3 is 2.16 bits per heavy atom. The predicted molar refractivity (Wildman–Crippen MR) is 141 cm³/mol. The molecule has 7 heteroatoms. The largest absolute Gasteiger partial charge is 0.481 e. The summed E-state index contributed by atoms with van der Waals surface area (Å²) in [7, 11) is 0. The van der Waals surface area contributed by atoms with Gasteiger partial charge < -0.3 is 14.9 Å². The van der Waals surface area contributed by atoms with Crippen LogP contribution in [0.1, 0.15) is 24.1 Å². The van der Waals surface area contributed by atoms with E-state index in [9.17, 15) is 9.90 Å². The Kier molecular flexibility index (Phi) is 5.53. The fraction of sp³-hybridized carbons (Fsp3) is 0.133. The number of hydrogen-bond acceptors (Lipinski definition) is 6. The standard InChI is InChI=1S/C30H24N4O3/c1-19-26(33-29-31-18-15-25(32-29)22-5-3-2-4-6-22)27(37-34-19)23-9-7-20(8-10-23)21-11-13-24(14-12-21)30(16-17-30)28(35)36/h2-15,18H,16-17H2,1H3,(H,35,36)(H,31,32,33). The minimum absolute atomic E-state index is 0.459. The monoisotopic (exact) mass is 488 g/mol. The maximum atomic E-state index is 11.6. The Balaban J connectivity index is 1.24. The van der Waals surface area contributed by atoms with E-state index >= 15 is 0 Å². The molecule has 6 rings (SSSR count). The van der Waals surface area contributed by atoms with Crippen LogP contribution in [0.25, 0.3) is 33.7 Å². The molecule has 1 saturated carbocycles. The quantitative estimate of drug-likeness (QED) is 0.265. The summed E-state index contributed by atoms with van der Waals surface area (Å²) in [5.41, 5.74) is 6.34. The van der Waals surface area contributed by atoms with Gasteiger partial charge in [-0.3, -0.25) is 4.79 Å². The highest BCUT2D eigenvalue weighted by atomic mass is 16.5. The second-order valence-corrected chi connectivity index (χ2v) is 9.27. The zero-order chi connectivity index (χ0) is 25.4. The molecule has 0 bridgehead atoms. The molecular weight excluding hydrogens is 464 g/mol. The first-order valence-electron chi connectivity index (χ1n) is 12.1. The lowest BCUT2D eigenvalue weighted by molar-refractivity contribution is -0.140. The van der Waals surface area contributed by atoms with E-state index < -0.39 is 11.4 Å². The lowest BCUT2D eigenvalue weighted by atomic mass is 9.93. The molecular formula is C30H24N4O3. The third kappa shape index (κ3) is 4.25. The van der Waals surface area contributed by atoms with Crippen molar-refractivity contribution in [1.29, 1.82) is 0 Å². The summed E-state index contributed by atoms with van der Waals surface area (Å²) in [6.07, 6.45) is 3.12. The molecule has 37 heavy (non-hydrogen) atoms. The lowest BCUT2D eigenvalue weighted by Crippen LogP contribution is -2.19. The molecule has 0 unspecified atom stereocenters. The molecule has 0 radical (unpaired) electrons. The molecule has 0 aliphatic heterocycles. The van der Waals surface area contributed by atoms with Crippen molar-refractivity contribution in [3.05, 3.63) is 102 Å². The lowest BCUT2D eigenvalue weighted by Gasteiger charge is -2.11. The number of anilines is 2. The average molecular weight is 489 g/mol. The van der Waals surface area contributed by atoms with Crippen LogP contribution in [0.2, 0.25) is 0 Å². The molecule has 2 N–H and O–H groups in total. The molecule has 3 aromatic carbocycles. The van der Waals surface area contributed by atoms with Crippen molar-refractivity contribution in [3.8, 4) is 33.7 Å². The first-order valence-corrected chi connectivity index (χ1v) is 12.1. The molecule has 0 spiro atoms. The molecule has 5 aromatic rings. The number of carboxylic acid groups (broad SMARTS) is 1. The van der Waals surface area contributed by atoms with E-state index in [2.05, 4.69) is 20.4 Å². The topological polar surface area (TPSA) is 101 Å². The van der Waals surface area contributed by atoms with Gasteiger partial charge in [0.2, 0.25) is 5.95 Å². The van der Waals surface area contributed by atoms with Crippen molar-refractivity contribution in [1.82, 2.24) is 15.1 Å². The van der Waals surface area contributed by atoms with Crippen molar-refractivity contribution in [3.63, 3.8) is 0 Å². The van der Waals surface area contributed by atoms with E-state index in [4.69, 9.17) is 4.52 Å². The van der Waals surface area contributed by atoms with Crippen molar-refractivity contribution in [2.75, 3.05) is 5.32 Å². The summed E-state index contributed by atoms with van der Waals surface area (Å²) in [5.74, 6) is 0.319. The molecule has 2 heterocycles. The van der Waals surface area contributed by atoms with Gasteiger partial charge in [-0.25, -0.2) is 9.97 Å². The van der Waals surface area contributed by atoms with Gasteiger partial charge in [0.05, 0.1) is 11.1 Å². The van der Waals surface area contributed by atoms with Crippen molar-refractivity contribution < 1.29 is 14.4 Å². The number of rotatable bonds is 7. The van der Waals surface area contributed by atoms with Crippen LogP contribution in [-0.4, -0.2) is 26.2 Å². The van der Waals surface area contributed by atoms with Gasteiger partial charge in [-0.2, -0.15) is 0 Å². The van der Waals surface area contributed by atoms with Crippen LogP contribution in [-0.2, 0) is 10.2 Å². The molecule has 1 fully saturated rings. The number of carbonyl (C=O) groups is 1. The third-order valence-corrected chi connectivity index (χ3v) is 6.90. The molecule has 0 atom stereocenters. The zero-order valence-electron chi connectivity index (χ0n) is 20.2. The number of hydrogen-bond donors (Lipinski definition) is 2. The maximum Gasteiger partial charge on any atom is 0.314 e. The van der Waals surface area contributed by atoms with Gasteiger partial charge in [-0.1, -0.05) is 84.0 Å². The molecule has 1 aliphatic carbocycles. The number of aliphatic carboxylic acids is 1. The number of aryl methyl sites for hydroxylation is 1. The summed E-state index contributed by atoms with van der Waals surface area (Å²) in [6.45, 7) is 1.87. The SMILES string of the molecule is Cc1noc(-c2ccc(-c3ccc(C4(C(=O)O)CC4)cc3)cc2)c1Nc1nccc(-c2ccccc2)n1. The van der Waals surface area contributed by atoms with Crippen LogP contribution in [0.3, 0.4) is 0 Å². The van der Waals surface area contributed by atoms with Gasteiger partial charge in [-0.05, 0) is 42.5 Å². The van der Waals surface area contributed by atoms with Crippen LogP contribution in [0, 0.1) is 6.92 Å². The zero-order valence-corrected chi connectivity index (χ0v) is 20.2. The Morgan fingerprint density at radius 2 is 1.51 bits per heavy atom. The Bertz CT molecular complexity index is 1570. The number of nitrogens with zero attached hydrogens (tertiary/aromatic N) is 3. The van der Waals surface area contributed by atoms with Crippen LogP contribution in [0.4, 0.5) is 11.6 Å². The minimum atomic E-state index is -0.742. The van der Waals surface area contributed by atoms with E-state index in [1.54, 1.807) is 6.20 Å². The van der Waals surface area contributed by atoms with Crippen LogP contribution in [0.15, 0.2) is 95.6 Å². The highest BCUT2D eigenvalue weighted by Crippen LogP contribution is 2.48. The second kappa shape index (κ2) is 9.02.